The van der Waals surface area contributed by atoms with E-state index in [2.05, 4.69) is 15.5 Å². The first-order valence-electron chi connectivity index (χ1n) is 8.93. The lowest BCUT2D eigenvalue weighted by Crippen LogP contribution is -2.35. The van der Waals surface area contributed by atoms with Crippen molar-refractivity contribution in [3.05, 3.63) is 76.2 Å². The second kappa shape index (κ2) is 7.77. The number of nitrogens with one attached hydrogen (secondary N) is 1. The zero-order chi connectivity index (χ0) is 19.5. The quantitative estimate of drug-likeness (QED) is 0.546. The lowest BCUT2D eigenvalue weighted by molar-refractivity contribution is -0.121. The lowest BCUT2D eigenvalue weighted by Gasteiger charge is -2.13. The van der Waals surface area contributed by atoms with Crippen LogP contribution < -0.4 is 10.9 Å². The standard InChI is InChI=1S/C20H19N5O2S/c1-14(15-6-3-2-4-7-15)11-21-19(26)12-24-20(27)17-10-16(18-8-5-9-28-18)23-25(17)13-22-24/h2-10,13-14H,11-12H2,1H3,(H,21,26)/t14-/m0/s1. The van der Waals surface area contributed by atoms with Gasteiger partial charge in [-0.3, -0.25) is 9.59 Å². The highest BCUT2D eigenvalue weighted by atomic mass is 32.1. The van der Waals surface area contributed by atoms with E-state index < -0.39 is 0 Å². The number of aromatic nitrogens is 4. The third-order valence-corrected chi connectivity index (χ3v) is 5.42. The van der Waals surface area contributed by atoms with Gasteiger partial charge in [0.15, 0.2) is 0 Å². The van der Waals surface area contributed by atoms with E-state index in [9.17, 15) is 9.59 Å². The summed E-state index contributed by atoms with van der Waals surface area (Å²) in [5, 5.41) is 13.3. The van der Waals surface area contributed by atoms with E-state index in [0.29, 0.717) is 17.8 Å². The van der Waals surface area contributed by atoms with Crippen molar-refractivity contribution in [1.29, 1.82) is 0 Å². The van der Waals surface area contributed by atoms with Gasteiger partial charge < -0.3 is 5.32 Å². The first-order chi connectivity index (χ1) is 13.6. The van der Waals surface area contributed by atoms with Crippen molar-refractivity contribution >= 4 is 22.8 Å². The molecule has 7 nitrogen and oxygen atoms in total. The van der Waals surface area contributed by atoms with Gasteiger partial charge in [-0.2, -0.15) is 10.2 Å². The average molecular weight is 393 g/mol. The summed E-state index contributed by atoms with van der Waals surface area (Å²) in [6.07, 6.45) is 1.45. The van der Waals surface area contributed by atoms with Crippen LogP contribution in [0.4, 0.5) is 0 Å². The van der Waals surface area contributed by atoms with Gasteiger partial charge in [0, 0.05) is 6.54 Å². The van der Waals surface area contributed by atoms with Crippen LogP contribution in [0, 0.1) is 0 Å². The first-order valence-corrected chi connectivity index (χ1v) is 9.81. The predicted octanol–water partition coefficient (Wildman–Crippen LogP) is 2.54. The van der Waals surface area contributed by atoms with E-state index >= 15 is 0 Å². The molecular formula is C20H19N5O2S. The van der Waals surface area contributed by atoms with Crippen molar-refractivity contribution in [2.45, 2.75) is 19.4 Å². The Morgan fingerprint density at radius 2 is 2.04 bits per heavy atom. The normalized spacial score (nSPS) is 12.2. The van der Waals surface area contributed by atoms with E-state index in [1.54, 1.807) is 17.4 Å². The Bertz CT molecular complexity index is 1150. The maximum Gasteiger partial charge on any atom is 0.293 e. The third-order valence-electron chi connectivity index (χ3n) is 4.53. The van der Waals surface area contributed by atoms with E-state index in [1.165, 1.54) is 10.8 Å². The van der Waals surface area contributed by atoms with Crippen LogP contribution >= 0.6 is 11.3 Å². The zero-order valence-corrected chi connectivity index (χ0v) is 16.1. The summed E-state index contributed by atoms with van der Waals surface area (Å²) in [5.74, 6) is -0.0692. The fourth-order valence-electron chi connectivity index (χ4n) is 2.95. The number of rotatable bonds is 6. The number of hydrogen-bond acceptors (Lipinski definition) is 5. The lowest BCUT2D eigenvalue weighted by atomic mass is 10.0. The van der Waals surface area contributed by atoms with Crippen LogP contribution in [-0.4, -0.2) is 31.8 Å². The maximum atomic E-state index is 12.7. The molecule has 1 amide bonds. The molecule has 0 aliphatic heterocycles. The summed E-state index contributed by atoms with van der Waals surface area (Å²) in [6, 6.07) is 15.6. The van der Waals surface area contributed by atoms with Gasteiger partial charge in [0.05, 0.1) is 4.88 Å². The smallest absolute Gasteiger partial charge is 0.293 e. The monoisotopic (exact) mass is 393 g/mol. The van der Waals surface area contributed by atoms with Crippen LogP contribution in [0.25, 0.3) is 16.1 Å². The Morgan fingerprint density at radius 1 is 1.21 bits per heavy atom. The molecule has 3 heterocycles. The predicted molar refractivity (Wildman–Crippen MR) is 108 cm³/mol. The number of hydrogen-bond donors (Lipinski definition) is 1. The summed E-state index contributed by atoms with van der Waals surface area (Å²) in [5.41, 5.74) is 1.92. The number of carbonyl (C=O) groups excluding carboxylic acids is 1. The molecule has 3 aromatic heterocycles. The average Bonchev–Trinajstić information content (AvgIpc) is 3.39. The summed E-state index contributed by atoms with van der Waals surface area (Å²) in [4.78, 5) is 25.9. The number of thiophene rings is 1. The Morgan fingerprint density at radius 3 is 2.79 bits per heavy atom. The Balaban J connectivity index is 1.46. The molecule has 0 bridgehead atoms. The van der Waals surface area contributed by atoms with Gasteiger partial charge in [0.25, 0.3) is 5.56 Å². The molecule has 4 rings (SSSR count). The second-order valence-corrected chi connectivity index (χ2v) is 7.49. The van der Waals surface area contributed by atoms with Crippen molar-refractivity contribution in [1.82, 2.24) is 24.7 Å². The van der Waals surface area contributed by atoms with E-state index in [4.69, 9.17) is 0 Å². The van der Waals surface area contributed by atoms with Crippen molar-refractivity contribution in [3.8, 4) is 10.6 Å². The second-order valence-electron chi connectivity index (χ2n) is 6.55. The van der Waals surface area contributed by atoms with Crippen LogP contribution in [-0.2, 0) is 11.3 Å². The minimum atomic E-state index is -0.343. The summed E-state index contributed by atoms with van der Waals surface area (Å²) in [6.45, 7) is 2.41. The van der Waals surface area contributed by atoms with Gasteiger partial charge in [-0.15, -0.1) is 11.3 Å². The molecule has 142 valence electrons. The van der Waals surface area contributed by atoms with Gasteiger partial charge in [-0.25, -0.2) is 9.20 Å². The molecule has 0 aliphatic carbocycles. The van der Waals surface area contributed by atoms with E-state index in [-0.39, 0.29) is 23.9 Å². The van der Waals surface area contributed by atoms with Gasteiger partial charge in [-0.05, 0) is 29.0 Å². The highest BCUT2D eigenvalue weighted by Gasteiger charge is 2.13. The molecule has 1 N–H and O–H groups in total. The molecule has 0 fully saturated rings. The number of nitrogens with zero attached hydrogens (tertiary/aromatic N) is 4. The highest BCUT2D eigenvalue weighted by Crippen LogP contribution is 2.23. The van der Waals surface area contributed by atoms with Gasteiger partial charge in [0.1, 0.15) is 24.1 Å². The highest BCUT2D eigenvalue weighted by molar-refractivity contribution is 7.13. The number of benzene rings is 1. The minimum absolute atomic E-state index is 0.129. The van der Waals surface area contributed by atoms with Crippen molar-refractivity contribution < 1.29 is 4.79 Å². The Labute approximate surface area is 165 Å². The molecule has 0 radical (unpaired) electrons. The summed E-state index contributed by atoms with van der Waals surface area (Å²) < 4.78 is 2.61. The van der Waals surface area contributed by atoms with Crippen molar-refractivity contribution in [2.24, 2.45) is 0 Å². The Kier molecular flexibility index (Phi) is 5.03. The van der Waals surface area contributed by atoms with Gasteiger partial charge in [0.2, 0.25) is 5.91 Å². The SMILES string of the molecule is C[C@@H](CNC(=O)Cn1ncn2nc(-c3cccs3)cc2c1=O)c1ccccc1. The van der Waals surface area contributed by atoms with E-state index in [0.717, 1.165) is 15.1 Å². The molecule has 0 aliphatic rings. The molecule has 1 aromatic carbocycles. The van der Waals surface area contributed by atoms with Gasteiger partial charge >= 0.3 is 0 Å². The molecule has 1 atom stereocenters. The molecule has 0 unspecified atom stereocenters. The van der Waals surface area contributed by atoms with Crippen LogP contribution in [0.2, 0.25) is 0 Å². The summed E-state index contributed by atoms with van der Waals surface area (Å²) >= 11 is 1.55. The fourth-order valence-corrected chi connectivity index (χ4v) is 3.64. The van der Waals surface area contributed by atoms with E-state index in [1.807, 2.05) is 54.8 Å². The van der Waals surface area contributed by atoms with Crippen LogP contribution in [0.1, 0.15) is 18.4 Å². The van der Waals surface area contributed by atoms with Crippen LogP contribution in [0.15, 0.2) is 65.0 Å². The molecule has 8 heteroatoms. The first kappa shape index (κ1) is 18.1. The number of carbonyl (C=O) groups is 1. The molecule has 0 saturated carbocycles. The molecule has 4 aromatic rings. The fraction of sp³-hybridized carbons (Fsp3) is 0.200. The largest absolute Gasteiger partial charge is 0.354 e. The molecular weight excluding hydrogens is 374 g/mol. The van der Waals surface area contributed by atoms with Crippen LogP contribution in [0.3, 0.4) is 0 Å². The van der Waals surface area contributed by atoms with Crippen molar-refractivity contribution in [3.63, 3.8) is 0 Å². The summed E-state index contributed by atoms with van der Waals surface area (Å²) in [7, 11) is 0. The zero-order valence-electron chi connectivity index (χ0n) is 15.3. The molecule has 28 heavy (non-hydrogen) atoms. The molecule has 0 saturated heterocycles. The van der Waals surface area contributed by atoms with Gasteiger partial charge in [-0.1, -0.05) is 43.3 Å². The maximum absolute atomic E-state index is 12.7. The van der Waals surface area contributed by atoms with Crippen molar-refractivity contribution in [2.75, 3.05) is 6.54 Å². The molecule has 0 spiro atoms. The van der Waals surface area contributed by atoms with Crippen LogP contribution in [0.5, 0.6) is 0 Å². The third kappa shape index (κ3) is 3.72. The Hall–Kier alpha value is -3.26. The number of amides is 1. The number of fused-ring (bicyclic) bond motifs is 1. The topological polar surface area (TPSA) is 81.3 Å². The minimum Gasteiger partial charge on any atom is -0.354 e.